The van der Waals surface area contributed by atoms with Crippen molar-refractivity contribution in [3.8, 4) is 0 Å². The molecule has 2 rings (SSSR count). The van der Waals surface area contributed by atoms with Crippen molar-refractivity contribution in [2.75, 3.05) is 6.54 Å². The smallest absolute Gasteiger partial charge is 0.251 e. The Balaban J connectivity index is 1.95. The lowest BCUT2D eigenvalue weighted by atomic mass is 9.86. The van der Waals surface area contributed by atoms with Gasteiger partial charge < -0.3 is 10.4 Å². The van der Waals surface area contributed by atoms with Crippen LogP contribution in [-0.4, -0.2) is 23.2 Å². The first-order chi connectivity index (χ1) is 9.20. The maximum Gasteiger partial charge on any atom is 0.251 e. The van der Waals surface area contributed by atoms with Gasteiger partial charge in [-0.1, -0.05) is 32.9 Å². The monoisotopic (exact) mass is 275 g/mol. The molecule has 0 aliphatic heterocycles. The van der Waals surface area contributed by atoms with Crippen molar-refractivity contribution >= 4 is 5.91 Å². The van der Waals surface area contributed by atoms with Crippen LogP contribution in [0.25, 0.3) is 0 Å². The number of nitrogens with one attached hydrogen (secondary N) is 1. The zero-order valence-corrected chi connectivity index (χ0v) is 12.9. The Morgan fingerprint density at radius 3 is 2.20 bits per heavy atom. The molecule has 0 heterocycles. The lowest BCUT2D eigenvalue weighted by molar-refractivity contribution is 0.0354. The molecule has 0 spiro atoms. The van der Waals surface area contributed by atoms with E-state index in [1.54, 1.807) is 6.92 Å². The molecule has 1 aromatic carbocycles. The van der Waals surface area contributed by atoms with E-state index in [9.17, 15) is 9.90 Å². The normalized spacial score (nSPS) is 18.4. The molecule has 2 N–H and O–H groups in total. The number of rotatable bonds is 4. The summed E-state index contributed by atoms with van der Waals surface area (Å²) in [5.74, 6) is 0.220. The average molecular weight is 275 g/mol. The molecular formula is C17H25NO2. The Hall–Kier alpha value is -1.35. The first-order valence-corrected chi connectivity index (χ1v) is 7.31. The van der Waals surface area contributed by atoms with Gasteiger partial charge in [0.05, 0.1) is 5.60 Å². The molecule has 1 saturated carbocycles. The van der Waals surface area contributed by atoms with Gasteiger partial charge in [0.2, 0.25) is 0 Å². The summed E-state index contributed by atoms with van der Waals surface area (Å²) in [5.41, 5.74) is 1.16. The molecule has 0 aromatic heterocycles. The summed E-state index contributed by atoms with van der Waals surface area (Å²) in [6.45, 7) is 8.56. The molecule has 1 aromatic rings. The maximum absolute atomic E-state index is 12.1. The number of hydrogen-bond donors (Lipinski definition) is 2. The van der Waals surface area contributed by atoms with Crippen LogP contribution in [-0.2, 0) is 5.41 Å². The molecule has 1 fully saturated rings. The van der Waals surface area contributed by atoms with Gasteiger partial charge >= 0.3 is 0 Å². The van der Waals surface area contributed by atoms with E-state index in [-0.39, 0.29) is 11.3 Å². The Kier molecular flexibility index (Phi) is 3.92. The molecule has 1 amide bonds. The number of hydrogen-bond acceptors (Lipinski definition) is 2. The molecule has 3 nitrogen and oxygen atoms in total. The van der Waals surface area contributed by atoms with Crippen LogP contribution < -0.4 is 5.32 Å². The van der Waals surface area contributed by atoms with E-state index < -0.39 is 5.60 Å². The molecule has 3 heteroatoms. The summed E-state index contributed by atoms with van der Waals surface area (Å²) >= 11 is 0. The summed E-state index contributed by atoms with van der Waals surface area (Å²) in [4.78, 5) is 12.1. The highest BCUT2D eigenvalue weighted by Crippen LogP contribution is 2.39. The van der Waals surface area contributed by atoms with Gasteiger partial charge in [-0.2, -0.15) is 0 Å². The third-order valence-corrected chi connectivity index (χ3v) is 4.08. The third kappa shape index (κ3) is 3.60. The van der Waals surface area contributed by atoms with Crippen molar-refractivity contribution in [3.05, 3.63) is 35.4 Å². The van der Waals surface area contributed by atoms with Crippen LogP contribution in [0.15, 0.2) is 24.3 Å². The first kappa shape index (κ1) is 15.0. The van der Waals surface area contributed by atoms with Crippen molar-refractivity contribution in [1.82, 2.24) is 5.32 Å². The van der Waals surface area contributed by atoms with E-state index >= 15 is 0 Å². The van der Waals surface area contributed by atoms with Gasteiger partial charge in [0, 0.05) is 12.1 Å². The van der Waals surface area contributed by atoms with E-state index in [1.165, 1.54) is 5.56 Å². The number of carbonyl (C=O) groups is 1. The Bertz CT molecular complexity index is 479. The Morgan fingerprint density at radius 2 is 1.75 bits per heavy atom. The summed E-state index contributed by atoms with van der Waals surface area (Å²) < 4.78 is 0. The Labute approximate surface area is 121 Å². The van der Waals surface area contributed by atoms with Gasteiger partial charge in [0.25, 0.3) is 5.91 Å². The lowest BCUT2D eigenvalue weighted by Crippen LogP contribution is -2.42. The van der Waals surface area contributed by atoms with Gasteiger partial charge in [0.15, 0.2) is 0 Å². The Morgan fingerprint density at radius 1 is 1.20 bits per heavy atom. The molecule has 0 unspecified atom stereocenters. The average Bonchev–Trinajstić information content (AvgIpc) is 3.20. The van der Waals surface area contributed by atoms with E-state index in [0.29, 0.717) is 18.0 Å². The van der Waals surface area contributed by atoms with Crippen LogP contribution in [0.4, 0.5) is 0 Å². The minimum absolute atomic E-state index is 0.0879. The fraction of sp³-hybridized carbons (Fsp3) is 0.588. The standard InChI is InChI=1S/C17H25NO2/c1-16(2,3)13-7-5-12(6-8-13)15(19)18-11-17(4,20)14-9-10-14/h5-8,14,20H,9-11H2,1-4H3,(H,18,19)/t17-/m0/s1. The third-order valence-electron chi connectivity index (χ3n) is 4.08. The molecule has 0 saturated heterocycles. The number of amides is 1. The zero-order chi connectivity index (χ0) is 15.0. The SMILES string of the molecule is CC(C)(C)c1ccc(C(=O)NC[C@](C)(O)C2CC2)cc1. The van der Waals surface area contributed by atoms with Gasteiger partial charge in [-0.3, -0.25) is 4.79 Å². The van der Waals surface area contributed by atoms with Crippen LogP contribution in [0.3, 0.4) is 0 Å². The lowest BCUT2D eigenvalue weighted by Gasteiger charge is -2.23. The number of aliphatic hydroxyl groups is 1. The molecule has 110 valence electrons. The topological polar surface area (TPSA) is 49.3 Å². The van der Waals surface area contributed by atoms with Crippen molar-refractivity contribution in [3.63, 3.8) is 0 Å². The van der Waals surface area contributed by atoms with E-state index in [1.807, 2.05) is 24.3 Å². The van der Waals surface area contributed by atoms with Crippen molar-refractivity contribution in [2.24, 2.45) is 5.92 Å². The summed E-state index contributed by atoms with van der Waals surface area (Å²) in [6.07, 6.45) is 2.12. The van der Waals surface area contributed by atoms with Gasteiger partial charge in [-0.15, -0.1) is 0 Å². The number of benzene rings is 1. The van der Waals surface area contributed by atoms with Crippen LogP contribution in [0, 0.1) is 5.92 Å². The highest BCUT2D eigenvalue weighted by atomic mass is 16.3. The highest BCUT2D eigenvalue weighted by molar-refractivity contribution is 5.94. The fourth-order valence-corrected chi connectivity index (χ4v) is 2.33. The summed E-state index contributed by atoms with van der Waals surface area (Å²) in [5, 5.41) is 13.0. The predicted molar refractivity (Wildman–Crippen MR) is 80.8 cm³/mol. The van der Waals surface area contributed by atoms with E-state index in [0.717, 1.165) is 12.8 Å². The summed E-state index contributed by atoms with van der Waals surface area (Å²) in [7, 11) is 0. The molecule has 0 radical (unpaired) electrons. The quantitative estimate of drug-likeness (QED) is 0.887. The highest BCUT2D eigenvalue weighted by Gasteiger charge is 2.39. The maximum atomic E-state index is 12.1. The minimum atomic E-state index is -0.777. The van der Waals surface area contributed by atoms with Crippen molar-refractivity contribution < 1.29 is 9.90 Å². The second-order valence-electron chi connectivity index (χ2n) is 7.14. The van der Waals surface area contributed by atoms with Gasteiger partial charge in [-0.25, -0.2) is 0 Å². The van der Waals surface area contributed by atoms with E-state index in [4.69, 9.17) is 0 Å². The van der Waals surface area contributed by atoms with Gasteiger partial charge in [-0.05, 0) is 48.8 Å². The molecule has 1 atom stereocenters. The molecule has 1 aliphatic rings. The van der Waals surface area contributed by atoms with E-state index in [2.05, 4.69) is 26.1 Å². The predicted octanol–water partition coefficient (Wildman–Crippen LogP) is 2.87. The molecular weight excluding hydrogens is 250 g/mol. The molecule has 0 bridgehead atoms. The second-order valence-corrected chi connectivity index (χ2v) is 7.14. The number of carbonyl (C=O) groups excluding carboxylic acids is 1. The van der Waals surface area contributed by atoms with Crippen molar-refractivity contribution in [2.45, 2.75) is 51.6 Å². The largest absolute Gasteiger partial charge is 0.388 e. The second kappa shape index (κ2) is 5.21. The van der Waals surface area contributed by atoms with Gasteiger partial charge in [0.1, 0.15) is 0 Å². The molecule has 1 aliphatic carbocycles. The van der Waals surface area contributed by atoms with Crippen LogP contribution in [0.2, 0.25) is 0 Å². The van der Waals surface area contributed by atoms with Crippen LogP contribution in [0.5, 0.6) is 0 Å². The first-order valence-electron chi connectivity index (χ1n) is 7.31. The van der Waals surface area contributed by atoms with Crippen LogP contribution >= 0.6 is 0 Å². The summed E-state index contributed by atoms with van der Waals surface area (Å²) in [6, 6.07) is 7.69. The van der Waals surface area contributed by atoms with Crippen LogP contribution in [0.1, 0.15) is 56.5 Å². The van der Waals surface area contributed by atoms with Crippen molar-refractivity contribution in [1.29, 1.82) is 0 Å². The fourth-order valence-electron chi connectivity index (χ4n) is 2.33. The zero-order valence-electron chi connectivity index (χ0n) is 12.9. The molecule has 20 heavy (non-hydrogen) atoms. The minimum Gasteiger partial charge on any atom is -0.388 e.